The molecule has 7 heteroatoms. The summed E-state index contributed by atoms with van der Waals surface area (Å²) >= 11 is 1.61. The van der Waals surface area contributed by atoms with E-state index in [0.29, 0.717) is 16.7 Å². The van der Waals surface area contributed by atoms with Crippen LogP contribution in [-0.2, 0) is 6.54 Å². The van der Waals surface area contributed by atoms with E-state index in [4.69, 9.17) is 0 Å². The largest absolute Gasteiger partial charge is 0.227 e. The Labute approximate surface area is 154 Å². The number of fused-ring (bicyclic) bond motifs is 1. The van der Waals surface area contributed by atoms with Crippen LogP contribution in [0.4, 0.5) is 4.39 Å². The van der Waals surface area contributed by atoms with E-state index < -0.39 is 0 Å². The predicted molar refractivity (Wildman–Crippen MR) is 99.3 cm³/mol. The molecule has 4 aromatic rings. The zero-order chi connectivity index (χ0) is 17.9. The van der Waals surface area contributed by atoms with Gasteiger partial charge in [-0.2, -0.15) is 0 Å². The van der Waals surface area contributed by atoms with Crippen molar-refractivity contribution < 1.29 is 4.39 Å². The Hall–Kier alpha value is -2.80. The van der Waals surface area contributed by atoms with Gasteiger partial charge in [0.25, 0.3) is 0 Å². The second kappa shape index (κ2) is 7.21. The minimum atomic E-state index is -0.266. The molecule has 0 aliphatic heterocycles. The third kappa shape index (κ3) is 3.30. The van der Waals surface area contributed by atoms with Crippen LogP contribution in [0.3, 0.4) is 0 Å². The van der Waals surface area contributed by atoms with Crippen LogP contribution in [0.15, 0.2) is 66.0 Å². The van der Waals surface area contributed by atoms with Gasteiger partial charge in [-0.15, -0.1) is 5.10 Å². The summed E-state index contributed by atoms with van der Waals surface area (Å²) in [5.41, 5.74) is 3.00. The number of nitrogens with zero attached hydrogens (tertiary/aromatic N) is 5. The zero-order valence-electron chi connectivity index (χ0n) is 14.1. The van der Waals surface area contributed by atoms with E-state index in [9.17, 15) is 4.39 Å². The van der Waals surface area contributed by atoms with Gasteiger partial charge in [0.2, 0.25) is 0 Å². The molecular weight excluding hydrogens is 349 g/mol. The second-order valence-corrected chi connectivity index (χ2v) is 7.19. The lowest BCUT2D eigenvalue weighted by Gasteiger charge is -2.10. The second-order valence-electron chi connectivity index (χ2n) is 5.86. The number of aromatic nitrogens is 5. The van der Waals surface area contributed by atoms with Crippen LogP contribution in [0, 0.1) is 5.82 Å². The Morgan fingerprint density at radius 3 is 2.62 bits per heavy atom. The van der Waals surface area contributed by atoms with Crippen molar-refractivity contribution in [3.63, 3.8) is 0 Å². The van der Waals surface area contributed by atoms with E-state index in [1.807, 2.05) is 18.2 Å². The number of halogens is 1. The minimum absolute atomic E-state index is 0.214. The molecule has 0 aliphatic carbocycles. The summed E-state index contributed by atoms with van der Waals surface area (Å²) in [5.74, 6) is -0.266. The van der Waals surface area contributed by atoms with Gasteiger partial charge in [0.15, 0.2) is 11.2 Å². The lowest BCUT2D eigenvalue weighted by Crippen LogP contribution is -2.04. The Bertz CT molecular complexity index is 1030. The predicted octanol–water partition coefficient (Wildman–Crippen LogP) is 4.26. The van der Waals surface area contributed by atoms with Gasteiger partial charge in [0, 0.05) is 10.8 Å². The summed E-state index contributed by atoms with van der Waals surface area (Å²) in [4.78, 5) is 8.67. The summed E-state index contributed by atoms with van der Waals surface area (Å²) in [5, 5.41) is 9.38. The van der Waals surface area contributed by atoms with E-state index in [1.165, 1.54) is 18.0 Å². The van der Waals surface area contributed by atoms with Gasteiger partial charge in [0.1, 0.15) is 17.2 Å². The van der Waals surface area contributed by atoms with Crippen molar-refractivity contribution in [1.82, 2.24) is 25.0 Å². The van der Waals surface area contributed by atoms with Crippen molar-refractivity contribution in [3.05, 3.63) is 77.9 Å². The van der Waals surface area contributed by atoms with Crippen molar-refractivity contribution in [2.45, 2.75) is 23.7 Å². The first-order chi connectivity index (χ1) is 12.7. The van der Waals surface area contributed by atoms with E-state index in [0.717, 1.165) is 5.03 Å². The molecule has 4 rings (SSSR count). The molecule has 2 aromatic heterocycles. The Kier molecular flexibility index (Phi) is 4.62. The molecule has 0 radical (unpaired) electrons. The highest BCUT2D eigenvalue weighted by molar-refractivity contribution is 7.99. The maximum atomic E-state index is 13.9. The van der Waals surface area contributed by atoms with Crippen LogP contribution in [0.5, 0.6) is 0 Å². The topological polar surface area (TPSA) is 56.5 Å². The van der Waals surface area contributed by atoms with Crippen molar-refractivity contribution in [3.8, 4) is 0 Å². The molecule has 2 aromatic carbocycles. The van der Waals surface area contributed by atoms with Crippen molar-refractivity contribution >= 4 is 22.9 Å². The van der Waals surface area contributed by atoms with E-state index in [2.05, 4.69) is 39.3 Å². The van der Waals surface area contributed by atoms with Crippen LogP contribution >= 0.6 is 11.8 Å². The number of benzene rings is 2. The number of thioether (sulfide) groups is 1. The van der Waals surface area contributed by atoms with Gasteiger partial charge >= 0.3 is 0 Å². The fourth-order valence-corrected chi connectivity index (χ4v) is 3.69. The quantitative estimate of drug-likeness (QED) is 0.391. The summed E-state index contributed by atoms with van der Waals surface area (Å²) in [6.07, 6.45) is 1.50. The SMILES string of the molecule is C[C@@H](Sc1ncnc2c1nnn2Cc1ccccc1F)c1ccccc1. The van der Waals surface area contributed by atoms with Gasteiger partial charge in [-0.1, -0.05) is 65.5 Å². The van der Waals surface area contributed by atoms with Gasteiger partial charge < -0.3 is 0 Å². The van der Waals surface area contributed by atoms with Crippen LogP contribution in [0.2, 0.25) is 0 Å². The molecular formula is C19H16FN5S. The number of hydrogen-bond acceptors (Lipinski definition) is 5. The van der Waals surface area contributed by atoms with E-state index >= 15 is 0 Å². The highest BCUT2D eigenvalue weighted by Gasteiger charge is 2.16. The van der Waals surface area contributed by atoms with Gasteiger partial charge in [-0.25, -0.2) is 19.0 Å². The molecule has 0 bridgehead atoms. The minimum Gasteiger partial charge on any atom is -0.227 e. The lowest BCUT2D eigenvalue weighted by molar-refractivity contribution is 0.582. The van der Waals surface area contributed by atoms with E-state index in [1.54, 1.807) is 34.6 Å². The first kappa shape index (κ1) is 16.7. The smallest absolute Gasteiger partial charge is 0.183 e. The summed E-state index contributed by atoms with van der Waals surface area (Å²) in [6.45, 7) is 2.40. The van der Waals surface area contributed by atoms with Gasteiger partial charge in [-0.05, 0) is 18.6 Å². The average molecular weight is 365 g/mol. The highest BCUT2D eigenvalue weighted by atomic mass is 32.2. The number of hydrogen-bond donors (Lipinski definition) is 0. The molecule has 130 valence electrons. The van der Waals surface area contributed by atoms with Crippen molar-refractivity contribution in [2.75, 3.05) is 0 Å². The zero-order valence-corrected chi connectivity index (χ0v) is 14.9. The van der Waals surface area contributed by atoms with Crippen LogP contribution < -0.4 is 0 Å². The third-order valence-corrected chi connectivity index (χ3v) is 5.25. The highest BCUT2D eigenvalue weighted by Crippen LogP contribution is 2.35. The molecule has 26 heavy (non-hydrogen) atoms. The molecule has 0 N–H and O–H groups in total. The first-order valence-electron chi connectivity index (χ1n) is 8.21. The van der Waals surface area contributed by atoms with E-state index in [-0.39, 0.29) is 17.6 Å². The Balaban J connectivity index is 1.64. The molecule has 0 saturated carbocycles. The summed E-state index contributed by atoms with van der Waals surface area (Å²) in [7, 11) is 0. The monoisotopic (exact) mass is 365 g/mol. The van der Waals surface area contributed by atoms with Crippen LogP contribution in [0.1, 0.15) is 23.3 Å². The Morgan fingerprint density at radius 1 is 1.04 bits per heavy atom. The fourth-order valence-electron chi connectivity index (χ4n) is 2.71. The van der Waals surface area contributed by atoms with Crippen molar-refractivity contribution in [2.24, 2.45) is 0 Å². The maximum absolute atomic E-state index is 13.9. The molecule has 0 saturated heterocycles. The first-order valence-corrected chi connectivity index (χ1v) is 9.09. The molecule has 0 spiro atoms. The molecule has 2 heterocycles. The molecule has 0 aliphatic rings. The molecule has 0 amide bonds. The molecule has 1 atom stereocenters. The normalized spacial score (nSPS) is 12.4. The molecule has 5 nitrogen and oxygen atoms in total. The number of rotatable bonds is 5. The standard InChI is InChI=1S/C19H16FN5S/c1-13(14-7-3-2-4-8-14)26-19-17-18(21-12-22-19)25(24-23-17)11-15-9-5-6-10-16(15)20/h2-10,12-13H,11H2,1H3/t13-/m1/s1. The van der Waals surface area contributed by atoms with Gasteiger partial charge in [-0.3, -0.25) is 0 Å². The molecule has 0 unspecified atom stereocenters. The summed E-state index contributed by atoms with van der Waals surface area (Å²) < 4.78 is 15.5. The lowest BCUT2D eigenvalue weighted by atomic mass is 10.2. The maximum Gasteiger partial charge on any atom is 0.183 e. The molecule has 0 fully saturated rings. The Morgan fingerprint density at radius 2 is 1.81 bits per heavy atom. The van der Waals surface area contributed by atoms with Gasteiger partial charge in [0.05, 0.1) is 6.54 Å². The summed E-state index contributed by atoms with van der Waals surface area (Å²) in [6, 6.07) is 16.9. The average Bonchev–Trinajstić information content (AvgIpc) is 3.08. The third-order valence-electron chi connectivity index (χ3n) is 4.10. The van der Waals surface area contributed by atoms with Crippen molar-refractivity contribution in [1.29, 1.82) is 0 Å². The van der Waals surface area contributed by atoms with Crippen LogP contribution in [0.25, 0.3) is 11.2 Å². The van der Waals surface area contributed by atoms with Crippen LogP contribution in [-0.4, -0.2) is 25.0 Å². The fraction of sp³-hybridized carbons (Fsp3) is 0.158.